The van der Waals surface area contributed by atoms with E-state index in [0.29, 0.717) is 21.7 Å². The smallest absolute Gasteiger partial charge is 0.341 e. The van der Waals surface area contributed by atoms with Gasteiger partial charge in [-0.3, -0.25) is 4.79 Å². The molecule has 0 N–H and O–H groups in total. The maximum Gasteiger partial charge on any atom is 0.341 e. The molecule has 0 spiro atoms. The third kappa shape index (κ3) is 3.09. The molecular weight excluding hydrogens is 328 g/mol. The fraction of sp³-hybridized carbons (Fsp3) is 0.143. The molecule has 118 valence electrons. The number of ether oxygens (including phenoxy) is 1. The molecule has 0 saturated carbocycles. The Morgan fingerprint density at radius 2 is 2.13 bits per heavy atom. The van der Waals surface area contributed by atoms with E-state index in [2.05, 4.69) is 10.1 Å². The van der Waals surface area contributed by atoms with Gasteiger partial charge in [-0.25, -0.2) is 18.6 Å². The van der Waals surface area contributed by atoms with Crippen LogP contribution in [0, 0.1) is 18.6 Å². The van der Waals surface area contributed by atoms with Gasteiger partial charge >= 0.3 is 5.97 Å². The highest BCUT2D eigenvalue weighted by atomic mass is 32.1. The van der Waals surface area contributed by atoms with Gasteiger partial charge in [-0.1, -0.05) is 11.3 Å². The Balaban J connectivity index is 1.79. The number of halogens is 2. The van der Waals surface area contributed by atoms with Crippen molar-refractivity contribution in [1.29, 1.82) is 0 Å². The minimum Gasteiger partial charge on any atom is -0.455 e. The minimum atomic E-state index is -1.01. The summed E-state index contributed by atoms with van der Waals surface area (Å²) in [6.45, 7) is 1.43. The summed E-state index contributed by atoms with van der Waals surface area (Å²) >= 11 is 1.08. The summed E-state index contributed by atoms with van der Waals surface area (Å²) in [6, 6.07) is 3.89. The van der Waals surface area contributed by atoms with Crippen LogP contribution in [0.15, 0.2) is 29.1 Å². The molecule has 6 nitrogen and oxygen atoms in total. The van der Waals surface area contributed by atoms with Crippen LogP contribution >= 0.6 is 11.3 Å². The summed E-state index contributed by atoms with van der Waals surface area (Å²) in [4.78, 5) is 28.0. The van der Waals surface area contributed by atoms with Gasteiger partial charge in [-0.2, -0.15) is 9.61 Å². The molecule has 3 aromatic rings. The molecule has 0 unspecified atom stereocenters. The number of hydrogen-bond acceptors (Lipinski definition) is 6. The molecule has 9 heteroatoms. The largest absolute Gasteiger partial charge is 0.455 e. The number of aryl methyl sites for hydroxylation is 1. The molecular formula is C14H9F2N3O3S. The van der Waals surface area contributed by atoms with Crippen LogP contribution in [0.25, 0.3) is 4.96 Å². The summed E-state index contributed by atoms with van der Waals surface area (Å²) in [6.07, 6.45) is 0. The number of carbonyl (C=O) groups excluding carboxylic acids is 1. The molecule has 0 atom stereocenters. The molecule has 2 aromatic heterocycles. The van der Waals surface area contributed by atoms with Gasteiger partial charge in [0.2, 0.25) is 4.96 Å². The van der Waals surface area contributed by atoms with Crippen molar-refractivity contribution in [2.75, 3.05) is 0 Å². The fourth-order valence-electron chi connectivity index (χ4n) is 1.88. The molecule has 0 fully saturated rings. The van der Waals surface area contributed by atoms with Crippen molar-refractivity contribution in [3.8, 4) is 0 Å². The maximum atomic E-state index is 13.5. The quantitative estimate of drug-likeness (QED) is 0.684. The zero-order valence-electron chi connectivity index (χ0n) is 11.7. The Kier molecular flexibility index (Phi) is 3.87. The zero-order valence-corrected chi connectivity index (χ0v) is 12.6. The van der Waals surface area contributed by atoms with E-state index >= 15 is 0 Å². The lowest BCUT2D eigenvalue weighted by atomic mass is 10.2. The predicted octanol–water partition coefficient (Wildman–Crippen LogP) is 2.09. The monoisotopic (exact) mass is 337 g/mol. The Bertz CT molecular complexity index is 968. The average Bonchev–Trinajstić information content (AvgIpc) is 2.88. The third-order valence-electron chi connectivity index (χ3n) is 2.89. The first-order chi connectivity index (χ1) is 10.9. The predicted molar refractivity (Wildman–Crippen MR) is 77.3 cm³/mol. The van der Waals surface area contributed by atoms with Crippen molar-refractivity contribution in [1.82, 2.24) is 14.6 Å². The molecule has 0 saturated heterocycles. The standard InChI is InChI=1S/C14H9F2N3O3S/c1-7-4-12(20)19-14(17-7)23-11(18-19)6-22-13(21)9-3-2-8(15)5-10(9)16/h2-5H,6H2,1H3. The van der Waals surface area contributed by atoms with Gasteiger partial charge in [0, 0.05) is 17.8 Å². The highest BCUT2D eigenvalue weighted by Gasteiger charge is 2.15. The van der Waals surface area contributed by atoms with Gasteiger partial charge < -0.3 is 4.74 Å². The van der Waals surface area contributed by atoms with E-state index in [0.717, 1.165) is 28.0 Å². The van der Waals surface area contributed by atoms with Crippen molar-refractivity contribution < 1.29 is 18.3 Å². The zero-order chi connectivity index (χ0) is 16.6. The Morgan fingerprint density at radius 1 is 1.35 bits per heavy atom. The molecule has 0 aliphatic heterocycles. The maximum absolute atomic E-state index is 13.5. The van der Waals surface area contributed by atoms with Crippen LogP contribution in [-0.2, 0) is 11.3 Å². The topological polar surface area (TPSA) is 73.6 Å². The van der Waals surface area contributed by atoms with Crippen molar-refractivity contribution in [3.63, 3.8) is 0 Å². The minimum absolute atomic E-state index is 0.248. The van der Waals surface area contributed by atoms with Crippen LogP contribution in [0.4, 0.5) is 8.78 Å². The molecule has 0 aliphatic rings. The number of rotatable bonds is 3. The lowest BCUT2D eigenvalue weighted by Crippen LogP contribution is -2.14. The fourth-order valence-corrected chi connectivity index (χ4v) is 2.74. The average molecular weight is 337 g/mol. The second kappa shape index (κ2) is 5.84. The van der Waals surface area contributed by atoms with Gasteiger partial charge in [-0.05, 0) is 19.1 Å². The second-order valence-electron chi connectivity index (χ2n) is 4.63. The van der Waals surface area contributed by atoms with Crippen molar-refractivity contribution >= 4 is 22.3 Å². The van der Waals surface area contributed by atoms with Gasteiger partial charge in [0.1, 0.15) is 18.2 Å². The first-order valence-corrected chi connectivity index (χ1v) is 7.24. The van der Waals surface area contributed by atoms with Crippen molar-refractivity contribution in [3.05, 3.63) is 62.5 Å². The van der Waals surface area contributed by atoms with E-state index in [4.69, 9.17) is 4.74 Å². The molecule has 0 aliphatic carbocycles. The molecule has 3 rings (SSSR count). The molecule has 0 amide bonds. The Labute approximate surface area is 132 Å². The number of fused-ring (bicyclic) bond motifs is 1. The number of nitrogens with zero attached hydrogens (tertiary/aromatic N) is 3. The number of esters is 1. The number of carbonyl (C=O) groups is 1. The second-order valence-corrected chi connectivity index (χ2v) is 5.67. The lowest BCUT2D eigenvalue weighted by Gasteiger charge is -2.03. The first-order valence-electron chi connectivity index (χ1n) is 6.42. The third-order valence-corrected chi connectivity index (χ3v) is 3.77. The summed E-state index contributed by atoms with van der Waals surface area (Å²) in [5, 5.41) is 4.31. The summed E-state index contributed by atoms with van der Waals surface area (Å²) < 4.78 is 32.3. The molecule has 23 heavy (non-hydrogen) atoms. The van der Waals surface area contributed by atoms with Gasteiger partial charge in [-0.15, -0.1) is 0 Å². The van der Waals surface area contributed by atoms with E-state index in [9.17, 15) is 18.4 Å². The molecule has 0 bridgehead atoms. The molecule has 1 aromatic carbocycles. The van der Waals surface area contributed by atoms with E-state index in [1.165, 1.54) is 6.07 Å². The van der Waals surface area contributed by atoms with E-state index < -0.39 is 17.6 Å². The number of benzene rings is 1. The summed E-state index contributed by atoms with van der Waals surface area (Å²) in [5.74, 6) is -2.74. The number of hydrogen-bond donors (Lipinski definition) is 0. The van der Waals surface area contributed by atoms with Crippen molar-refractivity contribution in [2.24, 2.45) is 0 Å². The first kappa shape index (κ1) is 15.2. The van der Waals surface area contributed by atoms with Gasteiger partial charge in [0.25, 0.3) is 5.56 Å². The highest BCUT2D eigenvalue weighted by molar-refractivity contribution is 7.16. The van der Waals surface area contributed by atoms with E-state index in [-0.39, 0.29) is 17.7 Å². The van der Waals surface area contributed by atoms with Crippen LogP contribution in [-0.4, -0.2) is 20.6 Å². The Hall–Kier alpha value is -2.68. The molecule has 0 radical (unpaired) electrons. The van der Waals surface area contributed by atoms with E-state index in [1.807, 2.05) is 0 Å². The van der Waals surface area contributed by atoms with Crippen LogP contribution < -0.4 is 5.56 Å². The van der Waals surface area contributed by atoms with Crippen LogP contribution in [0.1, 0.15) is 21.1 Å². The highest BCUT2D eigenvalue weighted by Crippen LogP contribution is 2.15. The summed E-state index contributed by atoms with van der Waals surface area (Å²) in [7, 11) is 0. The van der Waals surface area contributed by atoms with Crippen LogP contribution in [0.3, 0.4) is 0 Å². The van der Waals surface area contributed by atoms with Crippen LogP contribution in [0.2, 0.25) is 0 Å². The SMILES string of the molecule is Cc1cc(=O)n2nc(COC(=O)c3ccc(F)cc3F)sc2n1. The van der Waals surface area contributed by atoms with Gasteiger partial charge in [0.05, 0.1) is 5.56 Å². The lowest BCUT2D eigenvalue weighted by molar-refractivity contribution is 0.0466. The molecule has 2 heterocycles. The van der Waals surface area contributed by atoms with Crippen LogP contribution in [0.5, 0.6) is 0 Å². The Morgan fingerprint density at radius 3 is 2.87 bits per heavy atom. The van der Waals surface area contributed by atoms with Crippen molar-refractivity contribution in [2.45, 2.75) is 13.5 Å². The normalized spacial score (nSPS) is 10.9. The van der Waals surface area contributed by atoms with Gasteiger partial charge in [0.15, 0.2) is 5.01 Å². The summed E-state index contributed by atoms with van der Waals surface area (Å²) in [5.41, 5.74) is -0.167. The van der Waals surface area contributed by atoms with E-state index in [1.54, 1.807) is 6.92 Å². The number of aromatic nitrogens is 3.